The van der Waals surface area contributed by atoms with Crippen molar-refractivity contribution in [3.05, 3.63) is 0 Å². The van der Waals surface area contributed by atoms with Crippen LogP contribution in [0.2, 0.25) is 0 Å². The number of carbonyl (C=O) groups is 1. The molecule has 4 nitrogen and oxygen atoms in total. The van der Waals surface area contributed by atoms with Crippen molar-refractivity contribution < 1.29 is 4.79 Å². The minimum Gasteiger partial charge on any atom is -0.355 e. The van der Waals surface area contributed by atoms with Crippen LogP contribution in [0.5, 0.6) is 0 Å². The molecule has 0 aliphatic rings. The summed E-state index contributed by atoms with van der Waals surface area (Å²) in [6, 6.07) is 1.94. The Bertz CT molecular complexity index is 150. The first-order chi connectivity index (χ1) is 5.31. The van der Waals surface area contributed by atoms with Crippen LogP contribution in [0.4, 0.5) is 0 Å². The summed E-state index contributed by atoms with van der Waals surface area (Å²) < 4.78 is 0. The Morgan fingerprint density at radius 2 is 2.36 bits per heavy atom. The van der Waals surface area contributed by atoms with Crippen LogP contribution in [-0.2, 0) is 4.79 Å². The average molecular weight is 155 g/mol. The first kappa shape index (κ1) is 9.92. The van der Waals surface area contributed by atoms with Gasteiger partial charge in [0.15, 0.2) is 0 Å². The zero-order chi connectivity index (χ0) is 8.53. The summed E-state index contributed by atoms with van der Waals surface area (Å²) in [6.45, 7) is 0.978. The number of hydrogen-bond donors (Lipinski definition) is 2. The largest absolute Gasteiger partial charge is 0.355 e. The van der Waals surface area contributed by atoms with Gasteiger partial charge in [0.05, 0.1) is 12.5 Å². The molecule has 0 bridgehead atoms. The fraction of sp³-hybridized carbons (Fsp3) is 0.714. The van der Waals surface area contributed by atoms with Crippen LogP contribution < -0.4 is 11.1 Å². The number of nitrogens with two attached hydrogens (primary N) is 1. The smallest absolute Gasteiger partial charge is 0.220 e. The van der Waals surface area contributed by atoms with E-state index in [0.717, 1.165) is 0 Å². The lowest BCUT2D eigenvalue weighted by atomic mass is 10.3. The highest BCUT2D eigenvalue weighted by molar-refractivity contribution is 5.75. The van der Waals surface area contributed by atoms with Crippen LogP contribution in [0.15, 0.2) is 0 Å². The van der Waals surface area contributed by atoms with Crippen LogP contribution in [-0.4, -0.2) is 19.0 Å². The molecule has 0 saturated carbocycles. The van der Waals surface area contributed by atoms with Gasteiger partial charge in [-0.3, -0.25) is 4.79 Å². The summed E-state index contributed by atoms with van der Waals surface area (Å²) in [5.74, 6) is -0.0225. The molecule has 0 aromatic heterocycles. The first-order valence-corrected chi connectivity index (χ1v) is 3.65. The third-order valence-electron chi connectivity index (χ3n) is 1.17. The Kier molecular flexibility index (Phi) is 6.34. The zero-order valence-electron chi connectivity index (χ0n) is 6.47. The summed E-state index contributed by atoms with van der Waals surface area (Å²) in [5, 5.41) is 10.7. The second-order valence-corrected chi connectivity index (χ2v) is 2.15. The zero-order valence-corrected chi connectivity index (χ0v) is 6.47. The average Bonchev–Trinajstić information content (AvgIpc) is 2.01. The summed E-state index contributed by atoms with van der Waals surface area (Å²) in [4.78, 5) is 10.8. The van der Waals surface area contributed by atoms with Gasteiger partial charge >= 0.3 is 0 Å². The maximum atomic E-state index is 10.8. The van der Waals surface area contributed by atoms with Crippen molar-refractivity contribution >= 4 is 5.91 Å². The van der Waals surface area contributed by atoms with Gasteiger partial charge in [-0.15, -0.1) is 0 Å². The molecule has 0 rings (SSSR count). The molecule has 11 heavy (non-hydrogen) atoms. The number of nitriles is 1. The lowest BCUT2D eigenvalue weighted by Crippen LogP contribution is -2.24. The van der Waals surface area contributed by atoms with E-state index < -0.39 is 0 Å². The Hall–Kier alpha value is -1.08. The number of carbonyl (C=O) groups excluding carboxylic acids is 1. The molecule has 1 amide bonds. The summed E-state index contributed by atoms with van der Waals surface area (Å²) in [6.07, 6.45) is 1.54. The molecular weight excluding hydrogens is 142 g/mol. The predicted molar refractivity (Wildman–Crippen MR) is 41.5 cm³/mol. The van der Waals surface area contributed by atoms with E-state index in [2.05, 4.69) is 5.32 Å². The van der Waals surface area contributed by atoms with E-state index >= 15 is 0 Å². The fourth-order valence-electron chi connectivity index (χ4n) is 0.609. The van der Waals surface area contributed by atoms with Crippen LogP contribution in [0, 0.1) is 11.3 Å². The lowest BCUT2D eigenvalue weighted by Gasteiger charge is -1.99. The summed E-state index contributed by atoms with van der Waals surface area (Å²) >= 11 is 0. The van der Waals surface area contributed by atoms with Gasteiger partial charge in [0.25, 0.3) is 0 Å². The summed E-state index contributed by atoms with van der Waals surface area (Å²) in [7, 11) is 0. The first-order valence-electron chi connectivity index (χ1n) is 3.65. The number of amides is 1. The van der Waals surface area contributed by atoms with Crippen molar-refractivity contribution in [3.8, 4) is 6.07 Å². The van der Waals surface area contributed by atoms with E-state index in [0.29, 0.717) is 32.4 Å². The quantitative estimate of drug-likeness (QED) is 0.537. The minimum absolute atomic E-state index is 0.0225. The minimum atomic E-state index is -0.0225. The summed E-state index contributed by atoms with van der Waals surface area (Å²) in [5.41, 5.74) is 5.20. The van der Waals surface area contributed by atoms with Crippen molar-refractivity contribution in [2.75, 3.05) is 13.1 Å². The molecule has 0 aliphatic carbocycles. The van der Waals surface area contributed by atoms with Gasteiger partial charge in [0.2, 0.25) is 5.91 Å². The van der Waals surface area contributed by atoms with Gasteiger partial charge in [-0.2, -0.15) is 5.26 Å². The molecule has 0 aromatic carbocycles. The molecule has 0 aliphatic heterocycles. The monoisotopic (exact) mass is 155 g/mol. The van der Waals surface area contributed by atoms with Gasteiger partial charge in [-0.25, -0.2) is 0 Å². The lowest BCUT2D eigenvalue weighted by molar-refractivity contribution is -0.121. The Morgan fingerprint density at radius 1 is 1.64 bits per heavy atom. The molecule has 0 heterocycles. The van der Waals surface area contributed by atoms with E-state index in [-0.39, 0.29) is 5.91 Å². The molecule has 3 N–H and O–H groups in total. The van der Waals surface area contributed by atoms with E-state index in [1.54, 1.807) is 0 Å². The standard InChI is InChI=1S/C7H13N3O/c8-4-1-3-7(11)10-6-2-5-9/h1-4,6,8H2,(H,10,11). The van der Waals surface area contributed by atoms with Gasteiger partial charge < -0.3 is 11.1 Å². The molecule has 0 atom stereocenters. The SMILES string of the molecule is N#CCCNC(=O)CCCN. The molecule has 0 aromatic rings. The van der Waals surface area contributed by atoms with Crippen LogP contribution in [0.1, 0.15) is 19.3 Å². The molecule has 62 valence electrons. The van der Waals surface area contributed by atoms with Crippen molar-refractivity contribution in [3.63, 3.8) is 0 Å². The normalized spacial score (nSPS) is 8.73. The van der Waals surface area contributed by atoms with Gasteiger partial charge in [-0.1, -0.05) is 0 Å². The number of hydrogen-bond acceptors (Lipinski definition) is 3. The molecule has 4 heteroatoms. The van der Waals surface area contributed by atoms with Gasteiger partial charge in [0, 0.05) is 13.0 Å². The van der Waals surface area contributed by atoms with Crippen LogP contribution in [0.3, 0.4) is 0 Å². The topological polar surface area (TPSA) is 78.9 Å². The number of rotatable bonds is 5. The highest BCUT2D eigenvalue weighted by atomic mass is 16.1. The third kappa shape index (κ3) is 6.81. The molecule has 0 saturated heterocycles. The molecule has 0 unspecified atom stereocenters. The van der Waals surface area contributed by atoms with Crippen LogP contribution in [0.25, 0.3) is 0 Å². The van der Waals surface area contributed by atoms with Crippen molar-refractivity contribution in [1.82, 2.24) is 5.32 Å². The second-order valence-electron chi connectivity index (χ2n) is 2.15. The highest BCUT2D eigenvalue weighted by Gasteiger charge is 1.97. The number of nitrogens with zero attached hydrogens (tertiary/aromatic N) is 1. The Labute approximate surface area is 66.4 Å². The molecule has 0 spiro atoms. The van der Waals surface area contributed by atoms with Crippen molar-refractivity contribution in [2.24, 2.45) is 5.73 Å². The Morgan fingerprint density at radius 3 is 2.91 bits per heavy atom. The van der Waals surface area contributed by atoms with Gasteiger partial charge in [-0.05, 0) is 13.0 Å². The van der Waals surface area contributed by atoms with E-state index in [4.69, 9.17) is 11.0 Å². The second kappa shape index (κ2) is 7.03. The van der Waals surface area contributed by atoms with Crippen LogP contribution >= 0.6 is 0 Å². The maximum absolute atomic E-state index is 10.8. The Balaban J connectivity index is 3.17. The van der Waals surface area contributed by atoms with Crippen molar-refractivity contribution in [2.45, 2.75) is 19.3 Å². The molecular formula is C7H13N3O. The number of nitrogens with one attached hydrogen (secondary N) is 1. The maximum Gasteiger partial charge on any atom is 0.220 e. The van der Waals surface area contributed by atoms with E-state index in [1.165, 1.54) is 0 Å². The van der Waals surface area contributed by atoms with E-state index in [1.807, 2.05) is 6.07 Å². The third-order valence-corrected chi connectivity index (χ3v) is 1.17. The fourth-order valence-corrected chi connectivity index (χ4v) is 0.609. The van der Waals surface area contributed by atoms with E-state index in [9.17, 15) is 4.79 Å². The van der Waals surface area contributed by atoms with Crippen molar-refractivity contribution in [1.29, 1.82) is 5.26 Å². The molecule has 0 radical (unpaired) electrons. The molecule has 0 fully saturated rings. The predicted octanol–water partition coefficient (Wildman–Crippen LogP) is -0.245. The highest BCUT2D eigenvalue weighted by Crippen LogP contribution is 1.84. The van der Waals surface area contributed by atoms with Gasteiger partial charge in [0.1, 0.15) is 0 Å².